The highest BCUT2D eigenvalue weighted by Gasteiger charge is 2.15. The van der Waals surface area contributed by atoms with E-state index in [0.29, 0.717) is 16.9 Å². The number of thioether (sulfide) groups is 1. The van der Waals surface area contributed by atoms with Gasteiger partial charge in [0.05, 0.1) is 11.3 Å². The van der Waals surface area contributed by atoms with Crippen LogP contribution in [-0.4, -0.2) is 34.6 Å². The van der Waals surface area contributed by atoms with Gasteiger partial charge in [0.1, 0.15) is 5.70 Å². The van der Waals surface area contributed by atoms with Gasteiger partial charge in [-0.1, -0.05) is 52.3 Å². The minimum Gasteiger partial charge on any atom is -0.478 e. The first-order chi connectivity index (χ1) is 19.8. The van der Waals surface area contributed by atoms with Gasteiger partial charge in [0.15, 0.2) is 0 Å². The summed E-state index contributed by atoms with van der Waals surface area (Å²) in [5.41, 5.74) is 2.21. The molecule has 0 bridgehead atoms. The Labute approximate surface area is 249 Å². The predicted molar refractivity (Wildman–Crippen MR) is 164 cm³/mol. The van der Waals surface area contributed by atoms with E-state index in [-0.39, 0.29) is 22.9 Å². The van der Waals surface area contributed by atoms with E-state index in [9.17, 15) is 19.2 Å². The summed E-state index contributed by atoms with van der Waals surface area (Å²) in [4.78, 5) is 50.2. The SMILES string of the molecule is O=C(CSc1ccc(NC(=O)/C(=C/c2ccc(Br)cc2)NC(=O)c2ccccc2)cc1)Nc1cccc(C(=O)O)c1. The molecule has 0 aliphatic carbocycles. The van der Waals surface area contributed by atoms with Crippen LogP contribution < -0.4 is 16.0 Å². The summed E-state index contributed by atoms with van der Waals surface area (Å²) in [6.45, 7) is 0. The maximum absolute atomic E-state index is 13.2. The highest BCUT2D eigenvalue weighted by Crippen LogP contribution is 2.22. The van der Waals surface area contributed by atoms with Crippen LogP contribution in [0, 0.1) is 0 Å². The third-order valence-electron chi connectivity index (χ3n) is 5.59. The molecule has 4 N–H and O–H groups in total. The van der Waals surface area contributed by atoms with Gasteiger partial charge in [0.2, 0.25) is 5.91 Å². The van der Waals surface area contributed by atoms with Crippen molar-refractivity contribution in [2.24, 2.45) is 0 Å². The lowest BCUT2D eigenvalue weighted by Gasteiger charge is -2.12. The van der Waals surface area contributed by atoms with E-state index in [2.05, 4.69) is 31.9 Å². The van der Waals surface area contributed by atoms with Crippen LogP contribution in [0.25, 0.3) is 6.08 Å². The molecular formula is C31H24BrN3O5S. The number of carboxylic acid groups (broad SMARTS) is 1. The fraction of sp³-hybridized carbons (Fsp3) is 0.0323. The largest absolute Gasteiger partial charge is 0.478 e. The monoisotopic (exact) mass is 629 g/mol. The molecule has 4 rings (SSSR count). The van der Waals surface area contributed by atoms with Crippen molar-refractivity contribution in [3.63, 3.8) is 0 Å². The van der Waals surface area contributed by atoms with Gasteiger partial charge >= 0.3 is 5.97 Å². The molecule has 0 unspecified atom stereocenters. The Morgan fingerprint density at radius 1 is 0.756 bits per heavy atom. The summed E-state index contributed by atoms with van der Waals surface area (Å²) in [5.74, 6) is -2.16. The summed E-state index contributed by atoms with van der Waals surface area (Å²) in [5, 5.41) is 17.3. The second-order valence-corrected chi connectivity index (χ2v) is 10.6. The van der Waals surface area contributed by atoms with Crippen molar-refractivity contribution in [3.05, 3.63) is 130 Å². The standard InChI is InChI=1S/C31H24BrN3O5S/c32-23-11-9-20(10-12-23)17-27(35-29(37)21-5-2-1-3-6-21)30(38)34-24-13-15-26(16-14-24)41-19-28(36)33-25-8-4-7-22(18-25)31(39)40/h1-18H,19H2,(H,33,36)(H,34,38)(H,35,37)(H,39,40)/b27-17-. The smallest absolute Gasteiger partial charge is 0.335 e. The van der Waals surface area contributed by atoms with Crippen molar-refractivity contribution in [1.29, 1.82) is 0 Å². The number of carbonyl (C=O) groups excluding carboxylic acids is 3. The van der Waals surface area contributed by atoms with E-state index < -0.39 is 17.8 Å². The zero-order valence-corrected chi connectivity index (χ0v) is 23.9. The Hall–Kier alpha value is -4.67. The molecule has 41 heavy (non-hydrogen) atoms. The lowest BCUT2D eigenvalue weighted by atomic mass is 10.1. The molecule has 0 aromatic heterocycles. The van der Waals surface area contributed by atoms with Crippen molar-refractivity contribution >= 4 is 68.8 Å². The third-order valence-corrected chi connectivity index (χ3v) is 7.13. The Morgan fingerprint density at radius 2 is 1.44 bits per heavy atom. The highest BCUT2D eigenvalue weighted by atomic mass is 79.9. The number of rotatable bonds is 10. The minimum absolute atomic E-state index is 0.0725. The van der Waals surface area contributed by atoms with Crippen LogP contribution in [0.3, 0.4) is 0 Å². The maximum Gasteiger partial charge on any atom is 0.335 e. The molecule has 0 saturated carbocycles. The van der Waals surface area contributed by atoms with Gasteiger partial charge in [-0.25, -0.2) is 4.79 Å². The zero-order valence-electron chi connectivity index (χ0n) is 21.5. The maximum atomic E-state index is 13.2. The molecule has 206 valence electrons. The Kier molecular flexibility index (Phi) is 10.1. The first-order valence-electron chi connectivity index (χ1n) is 12.3. The van der Waals surface area contributed by atoms with Gasteiger partial charge < -0.3 is 21.1 Å². The molecule has 3 amide bonds. The van der Waals surface area contributed by atoms with Gasteiger partial charge in [-0.15, -0.1) is 11.8 Å². The van der Waals surface area contributed by atoms with E-state index in [4.69, 9.17) is 5.11 Å². The summed E-state index contributed by atoms with van der Waals surface area (Å²) >= 11 is 4.68. The molecule has 0 spiro atoms. The lowest BCUT2D eigenvalue weighted by molar-refractivity contribution is -0.114. The molecule has 0 aliphatic heterocycles. The molecule has 0 atom stereocenters. The van der Waals surface area contributed by atoms with Crippen molar-refractivity contribution in [2.75, 3.05) is 16.4 Å². The predicted octanol–water partition coefficient (Wildman–Crippen LogP) is 6.29. The molecule has 0 saturated heterocycles. The molecule has 4 aromatic carbocycles. The number of nitrogens with one attached hydrogen (secondary N) is 3. The first-order valence-corrected chi connectivity index (χ1v) is 14.1. The second-order valence-electron chi connectivity index (χ2n) is 8.63. The number of hydrogen-bond acceptors (Lipinski definition) is 5. The lowest BCUT2D eigenvalue weighted by Crippen LogP contribution is -2.30. The van der Waals surface area contributed by atoms with E-state index in [1.165, 1.54) is 23.9 Å². The fourth-order valence-electron chi connectivity index (χ4n) is 3.58. The number of aromatic carboxylic acids is 1. The summed E-state index contributed by atoms with van der Waals surface area (Å²) in [7, 11) is 0. The van der Waals surface area contributed by atoms with Gasteiger partial charge in [0, 0.05) is 26.3 Å². The number of hydrogen-bond donors (Lipinski definition) is 4. The van der Waals surface area contributed by atoms with Crippen LogP contribution in [0.5, 0.6) is 0 Å². The average molecular weight is 631 g/mol. The quantitative estimate of drug-likeness (QED) is 0.121. The van der Waals surface area contributed by atoms with Crippen molar-refractivity contribution in [1.82, 2.24) is 5.32 Å². The molecule has 0 heterocycles. The highest BCUT2D eigenvalue weighted by molar-refractivity contribution is 9.10. The zero-order chi connectivity index (χ0) is 29.2. The topological polar surface area (TPSA) is 125 Å². The van der Waals surface area contributed by atoms with Gasteiger partial charge in [-0.05, 0) is 78.4 Å². The van der Waals surface area contributed by atoms with Crippen molar-refractivity contribution in [3.8, 4) is 0 Å². The Balaban J connectivity index is 1.39. The number of amides is 3. The minimum atomic E-state index is -1.07. The van der Waals surface area contributed by atoms with Crippen LogP contribution in [0.1, 0.15) is 26.3 Å². The van der Waals surface area contributed by atoms with Crippen LogP contribution in [0.2, 0.25) is 0 Å². The van der Waals surface area contributed by atoms with E-state index in [1.807, 2.05) is 24.3 Å². The summed E-state index contributed by atoms with van der Waals surface area (Å²) in [6.07, 6.45) is 1.59. The van der Waals surface area contributed by atoms with E-state index >= 15 is 0 Å². The van der Waals surface area contributed by atoms with Crippen LogP contribution in [0.4, 0.5) is 11.4 Å². The van der Waals surface area contributed by atoms with Gasteiger partial charge in [-0.3, -0.25) is 14.4 Å². The Bertz CT molecular complexity index is 1590. The molecule has 10 heteroatoms. The second kappa shape index (κ2) is 14.1. The van der Waals surface area contributed by atoms with Gasteiger partial charge in [-0.2, -0.15) is 0 Å². The Morgan fingerprint density at radius 3 is 2.12 bits per heavy atom. The molecule has 8 nitrogen and oxygen atoms in total. The number of carboxylic acids is 1. The number of carbonyl (C=O) groups is 4. The molecule has 0 fully saturated rings. The van der Waals surface area contributed by atoms with Crippen LogP contribution in [0.15, 0.2) is 118 Å². The molecule has 4 aromatic rings. The van der Waals surface area contributed by atoms with Crippen LogP contribution >= 0.6 is 27.7 Å². The van der Waals surface area contributed by atoms with Gasteiger partial charge in [0.25, 0.3) is 11.8 Å². The fourth-order valence-corrected chi connectivity index (χ4v) is 4.54. The molecule has 0 radical (unpaired) electrons. The third kappa shape index (κ3) is 8.92. The first kappa shape index (κ1) is 29.3. The molecular weight excluding hydrogens is 606 g/mol. The number of benzene rings is 4. The number of halogens is 1. The van der Waals surface area contributed by atoms with E-state index in [1.54, 1.807) is 72.8 Å². The van der Waals surface area contributed by atoms with Crippen molar-refractivity contribution < 1.29 is 24.3 Å². The van der Waals surface area contributed by atoms with Crippen molar-refractivity contribution in [2.45, 2.75) is 4.90 Å². The summed E-state index contributed by atoms with van der Waals surface area (Å²) in [6, 6.07) is 28.9. The number of anilines is 2. The normalized spacial score (nSPS) is 10.9. The molecule has 0 aliphatic rings. The summed E-state index contributed by atoms with van der Waals surface area (Å²) < 4.78 is 0.886. The van der Waals surface area contributed by atoms with Crippen LogP contribution in [-0.2, 0) is 9.59 Å². The van der Waals surface area contributed by atoms with E-state index in [0.717, 1.165) is 14.9 Å². The average Bonchev–Trinajstić information content (AvgIpc) is 2.98.